The first kappa shape index (κ1) is 15.0. The van der Waals surface area contributed by atoms with Crippen LogP contribution >= 0.6 is 0 Å². The molecule has 0 spiro atoms. The van der Waals surface area contributed by atoms with E-state index in [2.05, 4.69) is 22.5 Å². The van der Waals surface area contributed by atoms with Gasteiger partial charge in [-0.2, -0.15) is 0 Å². The van der Waals surface area contributed by atoms with E-state index in [0.717, 1.165) is 38.5 Å². The lowest BCUT2D eigenvalue weighted by molar-refractivity contribution is -0.115. The second kappa shape index (κ2) is 7.99. The molecule has 1 aliphatic heterocycles. The molecule has 0 bridgehead atoms. The molecular weight excluding hydrogens is 254 g/mol. The lowest BCUT2D eigenvalue weighted by Gasteiger charge is -2.29. The van der Waals surface area contributed by atoms with Gasteiger partial charge in [-0.1, -0.05) is 18.2 Å². The largest absolute Gasteiger partial charge is 0.379 e. The quantitative estimate of drug-likeness (QED) is 0.812. The molecule has 1 unspecified atom stereocenters. The molecule has 1 aromatic rings. The average Bonchev–Trinajstić information content (AvgIpc) is 2.47. The van der Waals surface area contributed by atoms with E-state index in [4.69, 9.17) is 4.74 Å². The van der Waals surface area contributed by atoms with Crippen molar-refractivity contribution in [2.75, 3.05) is 44.7 Å². The number of hydrogen-bond acceptors (Lipinski definition) is 4. The van der Waals surface area contributed by atoms with Gasteiger partial charge in [-0.3, -0.25) is 9.69 Å². The molecule has 1 amide bonds. The molecule has 1 saturated heterocycles. The predicted octanol–water partition coefficient (Wildman–Crippen LogP) is 0.935. The molecular formula is C15H23N3O2. The van der Waals surface area contributed by atoms with E-state index in [1.165, 1.54) is 0 Å². The monoisotopic (exact) mass is 277 g/mol. The van der Waals surface area contributed by atoms with Crippen molar-refractivity contribution in [1.29, 1.82) is 0 Å². The summed E-state index contributed by atoms with van der Waals surface area (Å²) >= 11 is 0. The molecule has 2 N–H and O–H groups in total. The summed E-state index contributed by atoms with van der Waals surface area (Å²) in [5.74, 6) is -0.00923. The van der Waals surface area contributed by atoms with E-state index in [-0.39, 0.29) is 11.9 Å². The van der Waals surface area contributed by atoms with Crippen LogP contribution in [0.25, 0.3) is 0 Å². The molecule has 2 rings (SSSR count). The molecule has 0 aromatic heterocycles. The number of benzene rings is 1. The maximum Gasteiger partial charge on any atom is 0.238 e. The van der Waals surface area contributed by atoms with Gasteiger partial charge < -0.3 is 15.4 Å². The zero-order valence-corrected chi connectivity index (χ0v) is 12.0. The minimum atomic E-state index is -0.00923. The number of anilines is 1. The first-order chi connectivity index (χ1) is 9.74. The number of amides is 1. The third-order valence-corrected chi connectivity index (χ3v) is 3.30. The van der Waals surface area contributed by atoms with Gasteiger partial charge in [0.05, 0.1) is 19.8 Å². The number of carbonyl (C=O) groups is 1. The zero-order valence-electron chi connectivity index (χ0n) is 12.0. The van der Waals surface area contributed by atoms with E-state index in [0.29, 0.717) is 6.54 Å². The zero-order chi connectivity index (χ0) is 14.2. The van der Waals surface area contributed by atoms with Gasteiger partial charge in [0.25, 0.3) is 0 Å². The molecule has 0 aliphatic carbocycles. The summed E-state index contributed by atoms with van der Waals surface area (Å²) < 4.78 is 5.32. The molecule has 0 saturated carbocycles. The number of ether oxygens (including phenoxy) is 1. The van der Waals surface area contributed by atoms with Crippen LogP contribution in [0.2, 0.25) is 0 Å². The SMILES string of the molecule is CC(CN1CCOCC1)NCC(=O)Nc1ccccc1. The lowest BCUT2D eigenvalue weighted by Crippen LogP contribution is -2.46. The number of carbonyl (C=O) groups excluding carboxylic acids is 1. The number of morpholine rings is 1. The number of rotatable bonds is 6. The van der Waals surface area contributed by atoms with Crippen LogP contribution in [0.4, 0.5) is 5.69 Å². The molecule has 110 valence electrons. The van der Waals surface area contributed by atoms with Crippen LogP contribution in [0.5, 0.6) is 0 Å². The Bertz CT molecular complexity index is 405. The fraction of sp³-hybridized carbons (Fsp3) is 0.533. The third kappa shape index (κ3) is 5.28. The van der Waals surface area contributed by atoms with Crippen molar-refractivity contribution in [2.45, 2.75) is 13.0 Å². The van der Waals surface area contributed by atoms with Crippen LogP contribution in [0, 0.1) is 0 Å². The maximum absolute atomic E-state index is 11.8. The van der Waals surface area contributed by atoms with Crippen LogP contribution in [0.15, 0.2) is 30.3 Å². The highest BCUT2D eigenvalue weighted by Crippen LogP contribution is 2.04. The molecule has 1 aliphatic rings. The number of nitrogens with one attached hydrogen (secondary N) is 2. The Kier molecular flexibility index (Phi) is 5.98. The Hall–Kier alpha value is -1.43. The van der Waals surface area contributed by atoms with E-state index in [1.807, 2.05) is 30.3 Å². The van der Waals surface area contributed by atoms with Crippen molar-refractivity contribution < 1.29 is 9.53 Å². The minimum absolute atomic E-state index is 0.00923. The summed E-state index contributed by atoms with van der Waals surface area (Å²) in [6, 6.07) is 9.80. The van der Waals surface area contributed by atoms with E-state index < -0.39 is 0 Å². The number of para-hydroxylation sites is 1. The van der Waals surface area contributed by atoms with Gasteiger partial charge in [-0.05, 0) is 19.1 Å². The highest BCUT2D eigenvalue weighted by atomic mass is 16.5. The smallest absolute Gasteiger partial charge is 0.238 e. The highest BCUT2D eigenvalue weighted by molar-refractivity contribution is 5.92. The van der Waals surface area contributed by atoms with Crippen LogP contribution in [-0.4, -0.2) is 56.2 Å². The Morgan fingerprint density at radius 2 is 2.00 bits per heavy atom. The van der Waals surface area contributed by atoms with Crippen molar-refractivity contribution in [3.05, 3.63) is 30.3 Å². The molecule has 5 heteroatoms. The first-order valence-corrected chi connectivity index (χ1v) is 7.12. The van der Waals surface area contributed by atoms with Crippen molar-refractivity contribution in [3.8, 4) is 0 Å². The van der Waals surface area contributed by atoms with Gasteiger partial charge in [0.2, 0.25) is 5.91 Å². The van der Waals surface area contributed by atoms with Crippen molar-refractivity contribution in [3.63, 3.8) is 0 Å². The molecule has 1 aromatic carbocycles. The molecule has 1 atom stereocenters. The molecule has 1 heterocycles. The number of nitrogens with zero attached hydrogens (tertiary/aromatic N) is 1. The van der Waals surface area contributed by atoms with Gasteiger partial charge in [0.15, 0.2) is 0 Å². The summed E-state index contributed by atoms with van der Waals surface area (Å²) in [5, 5.41) is 6.12. The van der Waals surface area contributed by atoms with Gasteiger partial charge in [0, 0.05) is 31.4 Å². The maximum atomic E-state index is 11.8. The third-order valence-electron chi connectivity index (χ3n) is 3.30. The molecule has 5 nitrogen and oxygen atoms in total. The standard InChI is InChI=1S/C15H23N3O2/c1-13(12-18-7-9-20-10-8-18)16-11-15(19)17-14-5-3-2-4-6-14/h2-6,13,16H,7-12H2,1H3,(H,17,19). The average molecular weight is 277 g/mol. The summed E-state index contributed by atoms with van der Waals surface area (Å²) in [7, 11) is 0. The van der Waals surface area contributed by atoms with Gasteiger partial charge in [-0.15, -0.1) is 0 Å². The van der Waals surface area contributed by atoms with Gasteiger partial charge in [-0.25, -0.2) is 0 Å². The van der Waals surface area contributed by atoms with Gasteiger partial charge in [0.1, 0.15) is 0 Å². The summed E-state index contributed by atoms with van der Waals surface area (Å²) in [4.78, 5) is 14.2. The Morgan fingerprint density at radius 3 is 2.70 bits per heavy atom. The lowest BCUT2D eigenvalue weighted by atomic mass is 10.3. The summed E-state index contributed by atoms with van der Waals surface area (Å²) in [5.41, 5.74) is 0.833. The van der Waals surface area contributed by atoms with Crippen molar-refractivity contribution in [1.82, 2.24) is 10.2 Å². The van der Waals surface area contributed by atoms with Crippen molar-refractivity contribution in [2.24, 2.45) is 0 Å². The Balaban J connectivity index is 1.64. The summed E-state index contributed by atoms with van der Waals surface area (Å²) in [6.07, 6.45) is 0. The van der Waals surface area contributed by atoms with E-state index in [9.17, 15) is 4.79 Å². The second-order valence-electron chi connectivity index (χ2n) is 5.11. The topological polar surface area (TPSA) is 53.6 Å². The highest BCUT2D eigenvalue weighted by Gasteiger charge is 2.14. The van der Waals surface area contributed by atoms with Crippen LogP contribution in [-0.2, 0) is 9.53 Å². The number of hydrogen-bond donors (Lipinski definition) is 2. The second-order valence-corrected chi connectivity index (χ2v) is 5.11. The van der Waals surface area contributed by atoms with E-state index >= 15 is 0 Å². The molecule has 20 heavy (non-hydrogen) atoms. The predicted molar refractivity (Wildman–Crippen MR) is 79.8 cm³/mol. The Morgan fingerprint density at radius 1 is 1.30 bits per heavy atom. The van der Waals surface area contributed by atoms with Crippen molar-refractivity contribution >= 4 is 11.6 Å². The van der Waals surface area contributed by atoms with E-state index in [1.54, 1.807) is 0 Å². The van der Waals surface area contributed by atoms with Crippen LogP contribution < -0.4 is 10.6 Å². The van der Waals surface area contributed by atoms with Crippen LogP contribution in [0.3, 0.4) is 0 Å². The Labute approximate surface area is 120 Å². The fourth-order valence-corrected chi connectivity index (χ4v) is 2.23. The van der Waals surface area contributed by atoms with Gasteiger partial charge >= 0.3 is 0 Å². The first-order valence-electron chi connectivity index (χ1n) is 7.12. The summed E-state index contributed by atoms with van der Waals surface area (Å²) in [6.45, 7) is 6.94. The van der Waals surface area contributed by atoms with Crippen LogP contribution in [0.1, 0.15) is 6.92 Å². The fourth-order valence-electron chi connectivity index (χ4n) is 2.23. The minimum Gasteiger partial charge on any atom is -0.379 e. The molecule has 0 radical (unpaired) electrons. The normalized spacial score (nSPS) is 17.6. The molecule has 1 fully saturated rings.